The molecule has 0 radical (unpaired) electrons. The van der Waals surface area contributed by atoms with Crippen molar-refractivity contribution < 1.29 is 0 Å². The van der Waals surface area contributed by atoms with E-state index in [9.17, 15) is 0 Å². The van der Waals surface area contributed by atoms with Gasteiger partial charge in [0.05, 0.1) is 0 Å². The van der Waals surface area contributed by atoms with E-state index in [4.69, 9.17) is 0 Å². The van der Waals surface area contributed by atoms with Gasteiger partial charge in [0.15, 0.2) is 0 Å². The molecule has 0 heteroatoms. The van der Waals surface area contributed by atoms with Crippen LogP contribution in [0.3, 0.4) is 0 Å². The zero-order chi connectivity index (χ0) is 14.3. The highest BCUT2D eigenvalue weighted by atomic mass is 14.3. The quantitative estimate of drug-likeness (QED) is 0.434. The van der Waals surface area contributed by atoms with Gasteiger partial charge in [0.2, 0.25) is 0 Å². The van der Waals surface area contributed by atoms with Gasteiger partial charge in [-0.15, -0.1) is 0 Å². The van der Waals surface area contributed by atoms with Crippen LogP contribution in [0, 0.1) is 23.7 Å². The summed E-state index contributed by atoms with van der Waals surface area (Å²) in [6.07, 6.45) is 5.19. The van der Waals surface area contributed by atoms with Gasteiger partial charge in [-0.3, -0.25) is 0 Å². The Kier molecular flexibility index (Phi) is 8.65. The highest BCUT2D eigenvalue weighted by molar-refractivity contribution is 5.18. The van der Waals surface area contributed by atoms with Crippen LogP contribution in [0.25, 0.3) is 0 Å². The predicted octanol–water partition coefficient (Wildman–Crippen LogP) is 6.47. The molecule has 0 spiro atoms. The maximum atomic E-state index is 2.44. The van der Waals surface area contributed by atoms with Gasteiger partial charge in [-0.2, -0.15) is 0 Å². The third-order valence-corrected chi connectivity index (χ3v) is 4.72. The largest absolute Gasteiger partial charge is 0.0736 e. The fourth-order valence-corrected chi connectivity index (χ4v) is 2.79. The van der Waals surface area contributed by atoms with Gasteiger partial charge < -0.3 is 0 Å². The Morgan fingerprint density at radius 2 is 1.44 bits per heavy atom. The van der Waals surface area contributed by atoms with Crippen molar-refractivity contribution in [2.24, 2.45) is 23.7 Å². The molecule has 0 aromatic heterocycles. The first kappa shape index (κ1) is 17.7. The van der Waals surface area contributed by atoms with E-state index in [0.717, 1.165) is 23.7 Å². The van der Waals surface area contributed by atoms with Crippen LogP contribution >= 0.6 is 0 Å². The van der Waals surface area contributed by atoms with Crippen molar-refractivity contribution in [3.63, 3.8) is 0 Å². The molecule has 0 aromatic rings. The fraction of sp³-hybridized carbons (Fsp3) is 0.889. The molecule has 0 heterocycles. The summed E-state index contributed by atoms with van der Waals surface area (Å²) in [7, 11) is 0. The summed E-state index contributed by atoms with van der Waals surface area (Å²) < 4.78 is 0. The van der Waals surface area contributed by atoms with E-state index in [2.05, 4.69) is 55.4 Å². The van der Waals surface area contributed by atoms with Crippen molar-refractivity contribution in [1.82, 2.24) is 0 Å². The molecule has 0 fully saturated rings. The summed E-state index contributed by atoms with van der Waals surface area (Å²) in [4.78, 5) is 0. The highest BCUT2D eigenvalue weighted by Crippen LogP contribution is 2.34. The maximum absolute atomic E-state index is 2.44. The smallest absolute Gasteiger partial charge is 0.0201 e. The minimum absolute atomic E-state index is 0.747. The molecule has 0 bridgehead atoms. The minimum Gasteiger partial charge on any atom is -0.0736 e. The molecular weight excluding hydrogens is 216 g/mol. The van der Waals surface area contributed by atoms with E-state index < -0.39 is 0 Å². The van der Waals surface area contributed by atoms with E-state index in [1.54, 1.807) is 11.1 Å². The molecule has 0 aromatic carbocycles. The van der Waals surface area contributed by atoms with Gasteiger partial charge in [0.1, 0.15) is 0 Å². The third kappa shape index (κ3) is 5.59. The van der Waals surface area contributed by atoms with Gasteiger partial charge in [0, 0.05) is 0 Å². The lowest BCUT2D eigenvalue weighted by Crippen LogP contribution is -2.17. The van der Waals surface area contributed by atoms with Crippen LogP contribution in [0.2, 0.25) is 0 Å². The Morgan fingerprint density at radius 3 is 1.83 bits per heavy atom. The standard InChI is InChI=1S/C18H36/c1-9-14(5)17(8)18(15(6)10-2)16(7)12-11-13(3)4/h13-15,17H,9-12H2,1-8H3. The second kappa shape index (κ2) is 8.77. The Bertz CT molecular complexity index is 247. The van der Waals surface area contributed by atoms with Crippen molar-refractivity contribution in [2.45, 2.75) is 81.1 Å². The van der Waals surface area contributed by atoms with Gasteiger partial charge in [0.25, 0.3) is 0 Å². The molecule has 0 aliphatic heterocycles. The lowest BCUT2D eigenvalue weighted by molar-refractivity contribution is 0.385. The summed E-state index contributed by atoms with van der Waals surface area (Å²) in [5.74, 6) is 3.12. The monoisotopic (exact) mass is 252 g/mol. The first-order chi connectivity index (χ1) is 8.34. The molecule has 0 aliphatic rings. The molecule has 0 aliphatic carbocycles. The van der Waals surface area contributed by atoms with Gasteiger partial charge in [-0.25, -0.2) is 0 Å². The number of hydrogen-bond donors (Lipinski definition) is 0. The van der Waals surface area contributed by atoms with Gasteiger partial charge in [-0.05, 0) is 49.9 Å². The molecule has 108 valence electrons. The summed E-state index contributed by atoms with van der Waals surface area (Å²) in [5, 5.41) is 0. The summed E-state index contributed by atoms with van der Waals surface area (Å²) in [6.45, 7) is 18.9. The molecule has 0 nitrogen and oxygen atoms in total. The summed E-state index contributed by atoms with van der Waals surface area (Å²) in [6, 6.07) is 0. The fourth-order valence-electron chi connectivity index (χ4n) is 2.79. The number of hydrogen-bond acceptors (Lipinski definition) is 0. The van der Waals surface area contributed by atoms with Crippen molar-refractivity contribution in [3.05, 3.63) is 11.1 Å². The lowest BCUT2D eigenvalue weighted by Gasteiger charge is -2.29. The number of allylic oxidation sites excluding steroid dienone is 2. The molecule has 0 amide bonds. The van der Waals surface area contributed by atoms with Gasteiger partial charge in [-0.1, -0.05) is 66.0 Å². The topological polar surface area (TPSA) is 0 Å². The van der Waals surface area contributed by atoms with Crippen molar-refractivity contribution >= 4 is 0 Å². The molecule has 3 unspecified atom stereocenters. The van der Waals surface area contributed by atoms with E-state index in [1.807, 2.05) is 0 Å². The first-order valence-corrected chi connectivity index (χ1v) is 8.04. The van der Waals surface area contributed by atoms with Crippen LogP contribution in [0.5, 0.6) is 0 Å². The average Bonchev–Trinajstić information content (AvgIpc) is 2.34. The van der Waals surface area contributed by atoms with Crippen LogP contribution in [-0.4, -0.2) is 0 Å². The molecule has 0 saturated heterocycles. The van der Waals surface area contributed by atoms with Crippen LogP contribution < -0.4 is 0 Å². The lowest BCUT2D eigenvalue weighted by atomic mass is 9.77. The average molecular weight is 252 g/mol. The Hall–Kier alpha value is -0.260. The Balaban J connectivity index is 5.01. The molecule has 0 saturated carbocycles. The van der Waals surface area contributed by atoms with Gasteiger partial charge >= 0.3 is 0 Å². The zero-order valence-electron chi connectivity index (χ0n) is 14.1. The molecule has 0 rings (SSSR count). The first-order valence-electron chi connectivity index (χ1n) is 8.04. The second-order valence-electron chi connectivity index (χ2n) is 6.65. The van der Waals surface area contributed by atoms with Crippen molar-refractivity contribution in [3.8, 4) is 0 Å². The minimum atomic E-state index is 0.747. The molecule has 18 heavy (non-hydrogen) atoms. The van der Waals surface area contributed by atoms with E-state index in [1.165, 1.54) is 25.7 Å². The SMILES string of the molecule is CCC(C)C(=C(C)CCC(C)C)C(C)C(C)CC. The Labute approximate surface area is 116 Å². The highest BCUT2D eigenvalue weighted by Gasteiger charge is 2.21. The Morgan fingerprint density at radius 1 is 0.889 bits per heavy atom. The van der Waals surface area contributed by atoms with Crippen LogP contribution in [0.15, 0.2) is 11.1 Å². The second-order valence-corrected chi connectivity index (χ2v) is 6.65. The molecular formula is C18H36. The molecule has 0 N–H and O–H groups in total. The van der Waals surface area contributed by atoms with Crippen LogP contribution in [0.1, 0.15) is 81.1 Å². The number of rotatable bonds is 8. The third-order valence-electron chi connectivity index (χ3n) is 4.72. The van der Waals surface area contributed by atoms with Crippen molar-refractivity contribution in [2.75, 3.05) is 0 Å². The zero-order valence-corrected chi connectivity index (χ0v) is 14.1. The predicted molar refractivity (Wildman–Crippen MR) is 84.8 cm³/mol. The van der Waals surface area contributed by atoms with E-state index in [0.29, 0.717) is 0 Å². The van der Waals surface area contributed by atoms with E-state index in [-0.39, 0.29) is 0 Å². The van der Waals surface area contributed by atoms with Crippen LogP contribution in [0.4, 0.5) is 0 Å². The van der Waals surface area contributed by atoms with Crippen LogP contribution in [-0.2, 0) is 0 Å². The van der Waals surface area contributed by atoms with Crippen molar-refractivity contribution in [1.29, 1.82) is 0 Å². The summed E-state index contributed by atoms with van der Waals surface area (Å²) in [5.41, 5.74) is 3.43. The normalized spacial score (nSPS) is 18.5. The van der Waals surface area contributed by atoms with E-state index >= 15 is 0 Å². The molecule has 3 atom stereocenters. The maximum Gasteiger partial charge on any atom is -0.0201 e. The summed E-state index contributed by atoms with van der Waals surface area (Å²) >= 11 is 0.